The molecule has 8 heavy (non-hydrogen) atoms. The highest BCUT2D eigenvalue weighted by molar-refractivity contribution is 4.71. The van der Waals surface area contributed by atoms with Crippen molar-refractivity contribution < 1.29 is 4.74 Å². The van der Waals surface area contributed by atoms with Crippen LogP contribution < -0.4 is 11.5 Å². The lowest BCUT2D eigenvalue weighted by Crippen LogP contribution is -2.31. The van der Waals surface area contributed by atoms with E-state index in [1.165, 1.54) is 0 Å². The minimum atomic E-state index is -0.0972. The zero-order chi connectivity index (χ0) is 5.98. The Bertz CT molecular complexity index is 76.8. The van der Waals surface area contributed by atoms with Crippen molar-refractivity contribution in [1.82, 2.24) is 0 Å². The first-order valence-electron chi connectivity index (χ1n) is 2.92. The number of hydrogen-bond acceptors (Lipinski definition) is 3. The Kier molecular flexibility index (Phi) is 1.83. The zero-order valence-corrected chi connectivity index (χ0v) is 4.84. The van der Waals surface area contributed by atoms with Crippen molar-refractivity contribution in [2.75, 3.05) is 13.2 Å². The van der Waals surface area contributed by atoms with E-state index in [2.05, 4.69) is 0 Å². The lowest BCUT2D eigenvalue weighted by Gasteiger charge is -2.09. The molecule has 0 bridgehead atoms. The second-order valence-corrected chi connectivity index (χ2v) is 2.12. The minimum absolute atomic E-state index is 0.0972. The summed E-state index contributed by atoms with van der Waals surface area (Å²) in [5.74, 6) is 0.398. The monoisotopic (exact) mass is 116 g/mol. The third-order valence-corrected chi connectivity index (χ3v) is 1.57. The van der Waals surface area contributed by atoms with Crippen molar-refractivity contribution in [2.24, 2.45) is 17.4 Å². The maximum atomic E-state index is 5.49. The molecular formula is C5H12N2O. The van der Waals surface area contributed by atoms with Gasteiger partial charge in [0.1, 0.15) is 6.23 Å². The molecule has 0 radical (unpaired) electrons. The van der Waals surface area contributed by atoms with E-state index in [4.69, 9.17) is 16.2 Å². The molecule has 4 N–H and O–H groups in total. The van der Waals surface area contributed by atoms with Gasteiger partial charge >= 0.3 is 0 Å². The van der Waals surface area contributed by atoms with Gasteiger partial charge in [-0.25, -0.2) is 0 Å². The van der Waals surface area contributed by atoms with Crippen LogP contribution in [-0.4, -0.2) is 19.4 Å². The summed E-state index contributed by atoms with van der Waals surface area (Å²) < 4.78 is 5.05. The summed E-state index contributed by atoms with van der Waals surface area (Å²) in [7, 11) is 0. The highest BCUT2D eigenvalue weighted by atomic mass is 16.5. The first-order chi connectivity index (χ1) is 3.84. The van der Waals surface area contributed by atoms with Gasteiger partial charge in [0.25, 0.3) is 0 Å². The van der Waals surface area contributed by atoms with E-state index < -0.39 is 0 Å². The molecular weight excluding hydrogens is 104 g/mol. The molecule has 2 unspecified atom stereocenters. The molecule has 0 aromatic rings. The van der Waals surface area contributed by atoms with Crippen molar-refractivity contribution in [1.29, 1.82) is 0 Å². The Hall–Kier alpha value is -0.120. The van der Waals surface area contributed by atoms with Crippen molar-refractivity contribution >= 4 is 0 Å². The Morgan fingerprint density at radius 1 is 1.62 bits per heavy atom. The summed E-state index contributed by atoms with van der Waals surface area (Å²) in [4.78, 5) is 0. The summed E-state index contributed by atoms with van der Waals surface area (Å²) in [6.45, 7) is 1.43. The normalized spacial score (nSPS) is 38.2. The van der Waals surface area contributed by atoms with Gasteiger partial charge in [0.15, 0.2) is 0 Å². The van der Waals surface area contributed by atoms with E-state index in [1.807, 2.05) is 0 Å². The summed E-state index contributed by atoms with van der Waals surface area (Å²) in [5.41, 5.74) is 10.9. The SMILES string of the molecule is NCC1CCOC1N. The van der Waals surface area contributed by atoms with Gasteiger partial charge in [-0.3, -0.25) is 0 Å². The predicted octanol–water partition coefficient (Wildman–Crippen LogP) is -0.734. The van der Waals surface area contributed by atoms with Crippen LogP contribution >= 0.6 is 0 Å². The first-order valence-corrected chi connectivity index (χ1v) is 2.92. The minimum Gasteiger partial charge on any atom is -0.363 e. The van der Waals surface area contributed by atoms with Crippen LogP contribution in [0, 0.1) is 5.92 Å². The Balaban J connectivity index is 2.30. The molecule has 2 atom stereocenters. The third kappa shape index (κ3) is 0.992. The van der Waals surface area contributed by atoms with E-state index >= 15 is 0 Å². The number of rotatable bonds is 1. The van der Waals surface area contributed by atoms with Crippen LogP contribution in [0.1, 0.15) is 6.42 Å². The largest absolute Gasteiger partial charge is 0.363 e. The van der Waals surface area contributed by atoms with Crippen LogP contribution in [0.2, 0.25) is 0 Å². The summed E-state index contributed by atoms with van der Waals surface area (Å²) in [6, 6.07) is 0. The zero-order valence-electron chi connectivity index (χ0n) is 4.84. The highest BCUT2D eigenvalue weighted by Crippen LogP contribution is 2.14. The summed E-state index contributed by atoms with van der Waals surface area (Å²) >= 11 is 0. The van der Waals surface area contributed by atoms with Gasteiger partial charge in [-0.05, 0) is 13.0 Å². The number of hydrogen-bond donors (Lipinski definition) is 2. The Labute approximate surface area is 49.0 Å². The molecule has 0 aliphatic carbocycles. The fraction of sp³-hybridized carbons (Fsp3) is 1.00. The molecule has 1 saturated heterocycles. The van der Waals surface area contributed by atoms with Gasteiger partial charge in [-0.1, -0.05) is 0 Å². The first kappa shape index (κ1) is 6.01. The molecule has 0 aromatic heterocycles. The van der Waals surface area contributed by atoms with E-state index in [0.29, 0.717) is 12.5 Å². The molecule has 1 rings (SSSR count). The van der Waals surface area contributed by atoms with Gasteiger partial charge in [0, 0.05) is 12.5 Å². The van der Waals surface area contributed by atoms with Gasteiger partial charge in [0.05, 0.1) is 0 Å². The average molecular weight is 116 g/mol. The molecule has 48 valence electrons. The lowest BCUT2D eigenvalue weighted by atomic mass is 10.1. The average Bonchev–Trinajstić information content (AvgIpc) is 2.14. The summed E-state index contributed by atoms with van der Waals surface area (Å²) in [6.07, 6.45) is 0.928. The standard InChI is InChI=1S/C5H12N2O/c6-3-4-1-2-8-5(4)7/h4-5H,1-3,6-7H2. The van der Waals surface area contributed by atoms with Crippen molar-refractivity contribution in [3.8, 4) is 0 Å². The summed E-state index contributed by atoms with van der Waals surface area (Å²) in [5, 5.41) is 0. The van der Waals surface area contributed by atoms with Gasteiger partial charge in [-0.2, -0.15) is 0 Å². The van der Waals surface area contributed by atoms with E-state index in [9.17, 15) is 0 Å². The van der Waals surface area contributed by atoms with Gasteiger partial charge < -0.3 is 16.2 Å². The highest BCUT2D eigenvalue weighted by Gasteiger charge is 2.22. The molecule has 3 heteroatoms. The molecule has 1 aliphatic rings. The fourth-order valence-corrected chi connectivity index (χ4v) is 0.908. The van der Waals surface area contributed by atoms with Crippen molar-refractivity contribution in [2.45, 2.75) is 12.6 Å². The van der Waals surface area contributed by atoms with Crippen LogP contribution in [0.5, 0.6) is 0 Å². The van der Waals surface area contributed by atoms with Gasteiger partial charge in [0.2, 0.25) is 0 Å². The Morgan fingerprint density at radius 2 is 2.38 bits per heavy atom. The van der Waals surface area contributed by atoms with E-state index in [-0.39, 0.29) is 6.23 Å². The lowest BCUT2D eigenvalue weighted by molar-refractivity contribution is 0.0977. The second-order valence-electron chi connectivity index (χ2n) is 2.12. The molecule has 0 amide bonds. The molecule has 1 fully saturated rings. The molecule has 3 nitrogen and oxygen atoms in total. The predicted molar refractivity (Wildman–Crippen MR) is 31.1 cm³/mol. The quantitative estimate of drug-likeness (QED) is 0.474. The smallest absolute Gasteiger partial charge is 0.109 e. The second kappa shape index (κ2) is 2.44. The number of nitrogens with two attached hydrogens (primary N) is 2. The maximum Gasteiger partial charge on any atom is 0.109 e. The Morgan fingerprint density at radius 3 is 2.62 bits per heavy atom. The molecule has 0 aromatic carbocycles. The van der Waals surface area contributed by atoms with Crippen LogP contribution in [0.4, 0.5) is 0 Å². The van der Waals surface area contributed by atoms with E-state index in [1.54, 1.807) is 0 Å². The van der Waals surface area contributed by atoms with E-state index in [0.717, 1.165) is 13.0 Å². The molecule has 0 spiro atoms. The molecule has 1 aliphatic heterocycles. The van der Waals surface area contributed by atoms with Crippen LogP contribution in [0.15, 0.2) is 0 Å². The van der Waals surface area contributed by atoms with Crippen LogP contribution in [0.3, 0.4) is 0 Å². The van der Waals surface area contributed by atoms with Crippen molar-refractivity contribution in [3.63, 3.8) is 0 Å². The molecule has 0 saturated carbocycles. The fourth-order valence-electron chi connectivity index (χ4n) is 0.908. The van der Waals surface area contributed by atoms with Crippen LogP contribution in [0.25, 0.3) is 0 Å². The van der Waals surface area contributed by atoms with Gasteiger partial charge in [-0.15, -0.1) is 0 Å². The third-order valence-electron chi connectivity index (χ3n) is 1.57. The number of ether oxygens (including phenoxy) is 1. The molecule has 1 heterocycles. The van der Waals surface area contributed by atoms with Crippen LogP contribution in [-0.2, 0) is 4.74 Å². The topological polar surface area (TPSA) is 61.3 Å². The maximum absolute atomic E-state index is 5.49. The van der Waals surface area contributed by atoms with Crippen molar-refractivity contribution in [3.05, 3.63) is 0 Å².